The minimum atomic E-state index is -0.284. The average Bonchev–Trinajstić information content (AvgIpc) is 2.54. The summed E-state index contributed by atoms with van der Waals surface area (Å²) in [6.45, 7) is 1.74. The molecular weight excluding hydrogens is 207 g/mol. The van der Waals surface area contributed by atoms with Crippen molar-refractivity contribution >= 4 is 5.82 Å². The zero-order chi connectivity index (χ0) is 11.1. The minimum absolute atomic E-state index is 0.284. The molecule has 86 valence electrons. The van der Waals surface area contributed by atoms with E-state index in [0.717, 1.165) is 31.7 Å². The Morgan fingerprint density at radius 1 is 1.25 bits per heavy atom. The van der Waals surface area contributed by atoms with Crippen LogP contribution in [0.15, 0.2) is 18.3 Å². The molecule has 2 atom stereocenters. The molecule has 0 spiro atoms. The fourth-order valence-corrected chi connectivity index (χ4v) is 2.83. The zero-order valence-electron chi connectivity index (χ0n) is 9.01. The molecule has 5 heteroatoms. The fourth-order valence-electron chi connectivity index (χ4n) is 2.83. The molecule has 2 bridgehead atoms. The predicted octanol–water partition coefficient (Wildman–Crippen LogP) is 0.747. The highest BCUT2D eigenvalue weighted by Gasteiger charge is 2.39. The molecule has 1 aromatic rings. The third-order valence-corrected chi connectivity index (χ3v) is 3.49. The summed E-state index contributed by atoms with van der Waals surface area (Å²) in [6.07, 6.45) is 3.58. The Morgan fingerprint density at radius 3 is 2.50 bits per heavy atom. The van der Waals surface area contributed by atoms with Crippen LogP contribution < -0.4 is 10.7 Å². The summed E-state index contributed by atoms with van der Waals surface area (Å²) in [5.41, 5.74) is 0. The maximum absolute atomic E-state index is 12.8. The normalized spacial score (nSPS) is 29.8. The van der Waals surface area contributed by atoms with E-state index in [9.17, 15) is 4.39 Å². The summed E-state index contributed by atoms with van der Waals surface area (Å²) >= 11 is 0. The lowest BCUT2D eigenvalue weighted by Crippen LogP contribution is -2.56. The van der Waals surface area contributed by atoms with Gasteiger partial charge in [-0.3, -0.25) is 5.84 Å². The van der Waals surface area contributed by atoms with E-state index in [4.69, 9.17) is 5.84 Å². The summed E-state index contributed by atoms with van der Waals surface area (Å²) in [5.74, 6) is 6.44. The highest BCUT2D eigenvalue weighted by Crippen LogP contribution is 2.32. The molecule has 3 heterocycles. The first kappa shape index (κ1) is 9.99. The van der Waals surface area contributed by atoms with Gasteiger partial charge < -0.3 is 4.90 Å². The lowest BCUT2D eigenvalue weighted by Gasteiger charge is -2.39. The van der Waals surface area contributed by atoms with Gasteiger partial charge in [0.25, 0.3) is 0 Å². The summed E-state index contributed by atoms with van der Waals surface area (Å²) in [7, 11) is 0. The smallest absolute Gasteiger partial charge is 0.141 e. The van der Waals surface area contributed by atoms with Crippen LogP contribution in [-0.4, -0.2) is 35.2 Å². The van der Waals surface area contributed by atoms with E-state index < -0.39 is 0 Å². The van der Waals surface area contributed by atoms with Crippen LogP contribution in [0, 0.1) is 5.82 Å². The van der Waals surface area contributed by atoms with Gasteiger partial charge >= 0.3 is 0 Å². The highest BCUT2D eigenvalue weighted by molar-refractivity contribution is 5.43. The van der Waals surface area contributed by atoms with Crippen molar-refractivity contribution in [1.82, 2.24) is 9.99 Å². The van der Waals surface area contributed by atoms with E-state index in [1.165, 1.54) is 12.3 Å². The van der Waals surface area contributed by atoms with Crippen molar-refractivity contribution in [3.8, 4) is 0 Å². The maximum atomic E-state index is 12.8. The number of nitrogens with two attached hydrogens (primary N) is 1. The molecule has 0 amide bonds. The first-order valence-electron chi connectivity index (χ1n) is 5.63. The number of fused-ring (bicyclic) bond motifs is 2. The van der Waals surface area contributed by atoms with Gasteiger partial charge in [0.15, 0.2) is 0 Å². The lowest BCUT2D eigenvalue weighted by atomic mass is 10.2. The molecule has 2 fully saturated rings. The molecule has 4 nitrogen and oxygen atoms in total. The second-order valence-corrected chi connectivity index (χ2v) is 4.58. The standard InChI is InChI=1S/C11H15FN4/c12-8-1-4-11(14-5-8)16-9-2-3-10(16)7-15(13)6-9/h1,4-5,9-10H,2-3,6-7,13H2. The lowest BCUT2D eigenvalue weighted by molar-refractivity contribution is 0.224. The van der Waals surface area contributed by atoms with E-state index in [2.05, 4.69) is 9.88 Å². The quantitative estimate of drug-likeness (QED) is 0.712. The second kappa shape index (κ2) is 3.68. The number of aromatic nitrogens is 1. The van der Waals surface area contributed by atoms with Crippen LogP contribution in [0.2, 0.25) is 0 Å². The van der Waals surface area contributed by atoms with Crippen LogP contribution in [0.5, 0.6) is 0 Å². The molecule has 0 saturated carbocycles. The first-order valence-corrected chi connectivity index (χ1v) is 5.63. The Balaban J connectivity index is 1.88. The van der Waals surface area contributed by atoms with E-state index in [1.807, 2.05) is 5.01 Å². The number of anilines is 1. The molecule has 1 aromatic heterocycles. The van der Waals surface area contributed by atoms with Gasteiger partial charge in [0.2, 0.25) is 0 Å². The molecule has 2 saturated heterocycles. The van der Waals surface area contributed by atoms with E-state index in [0.29, 0.717) is 12.1 Å². The van der Waals surface area contributed by atoms with Crippen molar-refractivity contribution in [3.63, 3.8) is 0 Å². The number of nitrogens with zero attached hydrogens (tertiary/aromatic N) is 3. The summed E-state index contributed by atoms with van der Waals surface area (Å²) in [4.78, 5) is 6.45. The number of halogens is 1. The SMILES string of the molecule is NN1CC2CCC(C1)N2c1ccc(F)cn1. The number of pyridine rings is 1. The van der Waals surface area contributed by atoms with Crippen LogP contribution in [0.4, 0.5) is 10.2 Å². The summed E-state index contributed by atoms with van der Waals surface area (Å²) < 4.78 is 12.8. The Labute approximate surface area is 93.8 Å². The fraction of sp³-hybridized carbons (Fsp3) is 0.545. The molecule has 3 rings (SSSR count). The van der Waals surface area contributed by atoms with E-state index in [1.54, 1.807) is 6.07 Å². The van der Waals surface area contributed by atoms with Crippen molar-refractivity contribution in [1.29, 1.82) is 0 Å². The van der Waals surface area contributed by atoms with Crippen LogP contribution in [0.1, 0.15) is 12.8 Å². The largest absolute Gasteiger partial charge is 0.348 e. The molecular formula is C11H15FN4. The van der Waals surface area contributed by atoms with Crippen molar-refractivity contribution in [2.24, 2.45) is 5.84 Å². The van der Waals surface area contributed by atoms with Gasteiger partial charge in [0, 0.05) is 25.2 Å². The van der Waals surface area contributed by atoms with Crippen LogP contribution >= 0.6 is 0 Å². The monoisotopic (exact) mass is 222 g/mol. The van der Waals surface area contributed by atoms with Crippen molar-refractivity contribution < 1.29 is 4.39 Å². The van der Waals surface area contributed by atoms with Gasteiger partial charge in [-0.05, 0) is 25.0 Å². The van der Waals surface area contributed by atoms with Crippen molar-refractivity contribution in [2.45, 2.75) is 24.9 Å². The van der Waals surface area contributed by atoms with Crippen LogP contribution in [0.3, 0.4) is 0 Å². The van der Waals surface area contributed by atoms with Crippen LogP contribution in [-0.2, 0) is 0 Å². The van der Waals surface area contributed by atoms with Gasteiger partial charge in [0.1, 0.15) is 11.6 Å². The van der Waals surface area contributed by atoms with Gasteiger partial charge in [0.05, 0.1) is 6.20 Å². The number of hydrazine groups is 1. The highest BCUT2D eigenvalue weighted by atomic mass is 19.1. The Hall–Kier alpha value is -1.20. The Morgan fingerprint density at radius 2 is 1.94 bits per heavy atom. The topological polar surface area (TPSA) is 45.4 Å². The summed E-state index contributed by atoms with van der Waals surface area (Å²) in [5, 5.41) is 1.88. The third-order valence-electron chi connectivity index (χ3n) is 3.49. The van der Waals surface area contributed by atoms with Gasteiger partial charge in [-0.25, -0.2) is 14.4 Å². The van der Waals surface area contributed by atoms with Gasteiger partial charge in [-0.1, -0.05) is 0 Å². The molecule has 2 aliphatic rings. The van der Waals surface area contributed by atoms with Gasteiger partial charge in [-0.15, -0.1) is 0 Å². The molecule has 16 heavy (non-hydrogen) atoms. The Kier molecular flexibility index (Phi) is 2.29. The molecule has 2 unspecified atom stereocenters. The molecule has 2 aliphatic heterocycles. The number of hydrogen-bond donors (Lipinski definition) is 1. The van der Waals surface area contributed by atoms with E-state index >= 15 is 0 Å². The maximum Gasteiger partial charge on any atom is 0.141 e. The minimum Gasteiger partial charge on any atom is -0.348 e. The van der Waals surface area contributed by atoms with Gasteiger partial charge in [-0.2, -0.15) is 0 Å². The number of piperazine rings is 1. The third kappa shape index (κ3) is 1.56. The Bertz CT molecular complexity index is 366. The number of rotatable bonds is 1. The molecule has 2 N–H and O–H groups in total. The summed E-state index contributed by atoms with van der Waals surface area (Å²) in [6, 6.07) is 4.09. The predicted molar refractivity (Wildman–Crippen MR) is 59.2 cm³/mol. The molecule has 0 radical (unpaired) electrons. The second-order valence-electron chi connectivity index (χ2n) is 4.58. The van der Waals surface area contributed by atoms with Crippen molar-refractivity contribution in [3.05, 3.63) is 24.1 Å². The number of hydrogen-bond acceptors (Lipinski definition) is 4. The molecule has 0 aromatic carbocycles. The zero-order valence-corrected chi connectivity index (χ0v) is 9.01. The van der Waals surface area contributed by atoms with Crippen molar-refractivity contribution in [2.75, 3.05) is 18.0 Å². The molecule has 0 aliphatic carbocycles. The van der Waals surface area contributed by atoms with E-state index in [-0.39, 0.29) is 5.82 Å². The first-order chi connectivity index (χ1) is 7.74. The average molecular weight is 222 g/mol. The van der Waals surface area contributed by atoms with Crippen LogP contribution in [0.25, 0.3) is 0 Å².